The van der Waals surface area contributed by atoms with Crippen molar-refractivity contribution in [2.24, 2.45) is 0 Å². The van der Waals surface area contributed by atoms with E-state index in [1.54, 1.807) is 14.2 Å². The van der Waals surface area contributed by atoms with Gasteiger partial charge in [-0.2, -0.15) is 0 Å². The van der Waals surface area contributed by atoms with Crippen LogP contribution in [0.4, 0.5) is 11.6 Å². The predicted molar refractivity (Wildman–Crippen MR) is 72.0 cm³/mol. The van der Waals surface area contributed by atoms with Crippen LogP contribution in [0.1, 0.15) is 6.42 Å². The van der Waals surface area contributed by atoms with Crippen LogP contribution in [-0.2, 0) is 9.47 Å². The van der Waals surface area contributed by atoms with Crippen LogP contribution in [0, 0.1) is 0 Å². The molecule has 1 aromatic rings. The Bertz CT molecular complexity index is 365. The molecule has 0 fully saturated rings. The van der Waals surface area contributed by atoms with Crippen LogP contribution in [-0.4, -0.2) is 50.5 Å². The van der Waals surface area contributed by atoms with E-state index in [4.69, 9.17) is 26.8 Å². The molecular weight excluding hydrogens is 256 g/mol. The lowest BCUT2D eigenvalue weighted by atomic mass is 10.3. The molecule has 0 saturated carbocycles. The van der Waals surface area contributed by atoms with Gasteiger partial charge in [0.1, 0.15) is 17.2 Å². The fourth-order valence-electron chi connectivity index (χ4n) is 1.52. The second kappa shape index (κ2) is 8.07. The average Bonchev–Trinajstić information content (AvgIpc) is 2.37. The molecule has 0 atom stereocenters. The van der Waals surface area contributed by atoms with Gasteiger partial charge in [0.15, 0.2) is 5.82 Å². The number of ether oxygens (including phenoxy) is 2. The van der Waals surface area contributed by atoms with Crippen molar-refractivity contribution in [1.82, 2.24) is 9.97 Å². The summed E-state index contributed by atoms with van der Waals surface area (Å²) in [5.41, 5.74) is 5.68. The molecular formula is C11H19ClN4O2. The molecule has 1 aromatic heterocycles. The summed E-state index contributed by atoms with van der Waals surface area (Å²) in [7, 11) is 3.33. The molecule has 0 aliphatic rings. The van der Waals surface area contributed by atoms with E-state index in [-0.39, 0.29) is 5.82 Å². The third-order valence-electron chi connectivity index (χ3n) is 2.44. The van der Waals surface area contributed by atoms with Gasteiger partial charge in [-0.3, -0.25) is 0 Å². The van der Waals surface area contributed by atoms with Gasteiger partial charge in [0.2, 0.25) is 0 Å². The van der Waals surface area contributed by atoms with Crippen molar-refractivity contribution in [3.63, 3.8) is 0 Å². The summed E-state index contributed by atoms with van der Waals surface area (Å²) in [5.74, 6) is 0.924. The lowest BCUT2D eigenvalue weighted by molar-refractivity contribution is 0.191. The van der Waals surface area contributed by atoms with Crippen molar-refractivity contribution < 1.29 is 9.47 Å². The first-order valence-electron chi connectivity index (χ1n) is 5.69. The Morgan fingerprint density at radius 1 is 1.22 bits per heavy atom. The Morgan fingerprint density at radius 2 is 1.94 bits per heavy atom. The molecule has 0 aromatic carbocycles. The Labute approximate surface area is 112 Å². The van der Waals surface area contributed by atoms with Crippen molar-refractivity contribution in [1.29, 1.82) is 0 Å². The standard InChI is InChI=1S/C11H19ClN4O2/c1-17-6-3-4-16(5-7-18-2)11-9(12)10(13)14-8-15-11/h8H,3-7H2,1-2H3,(H2,13,14,15). The average molecular weight is 275 g/mol. The van der Waals surface area contributed by atoms with Crippen LogP contribution < -0.4 is 10.6 Å². The minimum Gasteiger partial charge on any atom is -0.385 e. The zero-order valence-electron chi connectivity index (χ0n) is 10.7. The molecule has 7 heteroatoms. The van der Waals surface area contributed by atoms with Gasteiger partial charge >= 0.3 is 0 Å². The maximum atomic E-state index is 6.12. The molecule has 0 bridgehead atoms. The van der Waals surface area contributed by atoms with E-state index < -0.39 is 0 Å². The van der Waals surface area contributed by atoms with Crippen LogP contribution in [0.2, 0.25) is 5.02 Å². The Hall–Kier alpha value is -1.11. The number of nitrogens with two attached hydrogens (primary N) is 1. The minimum absolute atomic E-state index is 0.288. The summed E-state index contributed by atoms with van der Waals surface area (Å²) in [4.78, 5) is 10.0. The van der Waals surface area contributed by atoms with Crippen molar-refractivity contribution >= 4 is 23.2 Å². The van der Waals surface area contributed by atoms with E-state index in [0.29, 0.717) is 30.6 Å². The molecule has 1 heterocycles. The first kappa shape index (κ1) is 14.9. The van der Waals surface area contributed by atoms with E-state index in [2.05, 4.69) is 9.97 Å². The fourth-order valence-corrected chi connectivity index (χ4v) is 1.74. The number of halogens is 1. The molecule has 1 rings (SSSR count). The number of methoxy groups -OCH3 is 2. The fraction of sp³-hybridized carbons (Fsp3) is 0.636. The number of rotatable bonds is 8. The van der Waals surface area contributed by atoms with Crippen molar-refractivity contribution in [3.8, 4) is 0 Å². The quantitative estimate of drug-likeness (QED) is 0.718. The van der Waals surface area contributed by atoms with Crippen LogP contribution in [0.25, 0.3) is 0 Å². The molecule has 0 aliphatic carbocycles. The van der Waals surface area contributed by atoms with E-state index in [9.17, 15) is 0 Å². The SMILES string of the molecule is COCCCN(CCOC)c1ncnc(N)c1Cl. The van der Waals surface area contributed by atoms with Crippen molar-refractivity contribution in [3.05, 3.63) is 11.3 Å². The first-order valence-corrected chi connectivity index (χ1v) is 6.07. The number of anilines is 2. The van der Waals surface area contributed by atoms with Crippen LogP contribution in [0.3, 0.4) is 0 Å². The Kier molecular flexibility index (Phi) is 6.70. The maximum Gasteiger partial charge on any atom is 0.153 e. The zero-order valence-corrected chi connectivity index (χ0v) is 11.5. The molecule has 2 N–H and O–H groups in total. The molecule has 6 nitrogen and oxygen atoms in total. The van der Waals surface area contributed by atoms with Crippen LogP contribution in [0.15, 0.2) is 6.33 Å². The van der Waals surface area contributed by atoms with Crippen LogP contribution >= 0.6 is 11.6 Å². The molecule has 0 spiro atoms. The summed E-state index contributed by atoms with van der Waals surface area (Å²) in [6.07, 6.45) is 2.28. The van der Waals surface area contributed by atoms with E-state index in [0.717, 1.165) is 13.0 Å². The topological polar surface area (TPSA) is 73.5 Å². The predicted octanol–water partition coefficient (Wildman–Crippen LogP) is 1.20. The van der Waals surface area contributed by atoms with Gasteiger partial charge < -0.3 is 20.1 Å². The summed E-state index contributed by atoms with van der Waals surface area (Å²) < 4.78 is 10.1. The molecule has 0 amide bonds. The Morgan fingerprint density at radius 3 is 2.61 bits per heavy atom. The highest BCUT2D eigenvalue weighted by molar-refractivity contribution is 6.35. The van der Waals surface area contributed by atoms with Crippen molar-refractivity contribution in [2.75, 3.05) is 51.2 Å². The monoisotopic (exact) mass is 274 g/mol. The highest BCUT2D eigenvalue weighted by Crippen LogP contribution is 2.26. The van der Waals surface area contributed by atoms with Gasteiger partial charge in [-0.15, -0.1) is 0 Å². The number of hydrogen-bond acceptors (Lipinski definition) is 6. The summed E-state index contributed by atoms with van der Waals surface area (Å²) in [5, 5.41) is 0.381. The molecule has 0 unspecified atom stereocenters. The minimum atomic E-state index is 0.288. The van der Waals surface area contributed by atoms with E-state index in [1.165, 1.54) is 6.33 Å². The highest BCUT2D eigenvalue weighted by atomic mass is 35.5. The highest BCUT2D eigenvalue weighted by Gasteiger charge is 2.14. The normalized spacial score (nSPS) is 10.6. The first-order chi connectivity index (χ1) is 8.70. The molecule has 0 saturated heterocycles. The van der Waals surface area contributed by atoms with Gasteiger partial charge in [-0.05, 0) is 6.42 Å². The van der Waals surface area contributed by atoms with Crippen LogP contribution in [0.5, 0.6) is 0 Å². The number of aromatic nitrogens is 2. The summed E-state index contributed by atoms with van der Waals surface area (Å²) in [6.45, 7) is 2.73. The second-order valence-electron chi connectivity index (χ2n) is 3.72. The molecule has 102 valence electrons. The van der Waals surface area contributed by atoms with Gasteiger partial charge in [-0.1, -0.05) is 11.6 Å². The smallest absolute Gasteiger partial charge is 0.153 e. The number of nitrogen functional groups attached to an aromatic ring is 1. The third-order valence-corrected chi connectivity index (χ3v) is 2.80. The van der Waals surface area contributed by atoms with Gasteiger partial charge in [-0.25, -0.2) is 9.97 Å². The zero-order chi connectivity index (χ0) is 13.4. The van der Waals surface area contributed by atoms with E-state index >= 15 is 0 Å². The Balaban J connectivity index is 2.76. The van der Waals surface area contributed by atoms with Gasteiger partial charge in [0, 0.05) is 33.9 Å². The largest absolute Gasteiger partial charge is 0.385 e. The maximum absolute atomic E-state index is 6.12. The van der Waals surface area contributed by atoms with E-state index in [1.807, 2.05) is 4.90 Å². The molecule has 18 heavy (non-hydrogen) atoms. The van der Waals surface area contributed by atoms with Gasteiger partial charge in [0.05, 0.1) is 6.61 Å². The third kappa shape index (κ3) is 4.29. The molecule has 0 radical (unpaired) electrons. The summed E-state index contributed by atoms with van der Waals surface area (Å²) >= 11 is 6.12. The van der Waals surface area contributed by atoms with Gasteiger partial charge in [0.25, 0.3) is 0 Å². The lowest BCUT2D eigenvalue weighted by Crippen LogP contribution is -2.30. The lowest BCUT2D eigenvalue weighted by Gasteiger charge is -2.24. The summed E-state index contributed by atoms with van der Waals surface area (Å²) in [6, 6.07) is 0. The van der Waals surface area contributed by atoms with Crippen molar-refractivity contribution in [2.45, 2.75) is 6.42 Å². The number of hydrogen-bond donors (Lipinski definition) is 1. The second-order valence-corrected chi connectivity index (χ2v) is 4.10. The molecule has 0 aliphatic heterocycles. The number of nitrogens with zero attached hydrogens (tertiary/aromatic N) is 3.